The van der Waals surface area contributed by atoms with E-state index in [1.807, 2.05) is 0 Å². The third-order valence-electron chi connectivity index (χ3n) is 7.19. The quantitative estimate of drug-likeness (QED) is 0.0766. The average molecular weight is 540 g/mol. The van der Waals surface area contributed by atoms with Gasteiger partial charge in [0, 0.05) is 12.8 Å². The van der Waals surface area contributed by atoms with Crippen molar-refractivity contribution in [2.24, 2.45) is 5.92 Å². The van der Waals surface area contributed by atoms with E-state index in [4.69, 9.17) is 9.84 Å². The van der Waals surface area contributed by atoms with Crippen LogP contribution in [-0.4, -0.2) is 35.6 Å². The molecule has 0 aromatic rings. The van der Waals surface area contributed by atoms with Gasteiger partial charge in [0.25, 0.3) is 0 Å². The number of aliphatic carboxylic acids is 1. The minimum atomic E-state index is -0.980. The Morgan fingerprint density at radius 3 is 1.61 bits per heavy atom. The Balaban J connectivity index is 3.95. The molecule has 0 fully saturated rings. The lowest BCUT2D eigenvalue weighted by molar-refractivity contribution is -0.148. The fourth-order valence-corrected chi connectivity index (χ4v) is 4.72. The smallest absolute Gasteiger partial charge is 0.328 e. The number of carboxylic acids is 1. The highest BCUT2D eigenvalue weighted by Crippen LogP contribution is 2.14. The van der Waals surface area contributed by atoms with Crippen LogP contribution in [0.4, 0.5) is 0 Å². The first-order valence-electron chi connectivity index (χ1n) is 16.0. The lowest BCUT2D eigenvalue weighted by Gasteiger charge is -2.17. The predicted octanol–water partition coefficient (Wildman–Crippen LogP) is 8.75. The molecule has 1 atom stereocenters. The molecule has 1 amide bonds. The summed E-state index contributed by atoms with van der Waals surface area (Å²) in [5.41, 5.74) is 0. The number of carbonyl (C=O) groups excluding carboxylic acids is 2. The van der Waals surface area contributed by atoms with Crippen LogP contribution in [0.3, 0.4) is 0 Å². The SMILES string of the molecule is CCCCCCCCCCCCCC(=O)N[C@@H](CCC(=O)O)C(=O)OCCCCCCCCCCC(C)C. The average Bonchev–Trinajstić information content (AvgIpc) is 2.87. The lowest BCUT2D eigenvalue weighted by Crippen LogP contribution is -2.42. The molecule has 224 valence electrons. The van der Waals surface area contributed by atoms with Crippen molar-refractivity contribution in [1.29, 1.82) is 0 Å². The summed E-state index contributed by atoms with van der Waals surface area (Å²) < 4.78 is 5.38. The van der Waals surface area contributed by atoms with Gasteiger partial charge in [-0.1, -0.05) is 136 Å². The van der Waals surface area contributed by atoms with Crippen LogP contribution in [0, 0.1) is 5.92 Å². The highest BCUT2D eigenvalue weighted by Gasteiger charge is 2.23. The maximum atomic E-state index is 12.5. The van der Waals surface area contributed by atoms with E-state index in [2.05, 4.69) is 26.1 Å². The second-order valence-corrected chi connectivity index (χ2v) is 11.5. The number of ether oxygens (including phenoxy) is 1. The summed E-state index contributed by atoms with van der Waals surface area (Å²) in [7, 11) is 0. The fourth-order valence-electron chi connectivity index (χ4n) is 4.72. The standard InChI is InChI=1S/C32H61NO5/c1-4-5-6-7-8-9-10-11-15-18-21-24-30(34)33-29(25-26-31(35)36)32(37)38-27-22-19-16-13-12-14-17-20-23-28(2)3/h28-29H,4-27H2,1-3H3,(H,33,34)(H,35,36)/t29-/m0/s1. The molecule has 6 heteroatoms. The van der Waals surface area contributed by atoms with Crippen LogP contribution in [0.25, 0.3) is 0 Å². The van der Waals surface area contributed by atoms with Crippen molar-refractivity contribution in [3.05, 3.63) is 0 Å². The van der Waals surface area contributed by atoms with E-state index < -0.39 is 18.0 Å². The van der Waals surface area contributed by atoms with Gasteiger partial charge in [-0.05, 0) is 25.2 Å². The number of carboxylic acid groups (broad SMARTS) is 1. The van der Waals surface area contributed by atoms with Gasteiger partial charge in [-0.15, -0.1) is 0 Å². The maximum absolute atomic E-state index is 12.5. The zero-order chi connectivity index (χ0) is 28.3. The van der Waals surface area contributed by atoms with Gasteiger partial charge in [0.15, 0.2) is 0 Å². The van der Waals surface area contributed by atoms with Gasteiger partial charge >= 0.3 is 11.9 Å². The molecule has 0 rings (SSSR count). The molecule has 0 radical (unpaired) electrons. The zero-order valence-electron chi connectivity index (χ0n) is 25.2. The van der Waals surface area contributed by atoms with Crippen molar-refractivity contribution in [1.82, 2.24) is 5.32 Å². The number of carbonyl (C=O) groups is 3. The summed E-state index contributed by atoms with van der Waals surface area (Å²) in [4.78, 5) is 35.9. The van der Waals surface area contributed by atoms with Crippen molar-refractivity contribution >= 4 is 17.8 Å². The first kappa shape index (κ1) is 36.4. The molecule has 6 nitrogen and oxygen atoms in total. The van der Waals surface area contributed by atoms with Crippen LogP contribution < -0.4 is 5.32 Å². The molecular weight excluding hydrogens is 478 g/mol. The molecule has 0 aromatic carbocycles. The van der Waals surface area contributed by atoms with E-state index in [9.17, 15) is 14.4 Å². The van der Waals surface area contributed by atoms with Gasteiger partial charge in [0.05, 0.1) is 6.61 Å². The maximum Gasteiger partial charge on any atom is 0.328 e. The molecular formula is C32H61NO5. The number of rotatable bonds is 28. The second-order valence-electron chi connectivity index (χ2n) is 11.5. The normalized spacial score (nSPS) is 12.0. The number of unbranched alkanes of at least 4 members (excludes halogenated alkanes) is 17. The van der Waals surface area contributed by atoms with Gasteiger partial charge in [0.2, 0.25) is 5.91 Å². The summed E-state index contributed by atoms with van der Waals surface area (Å²) >= 11 is 0. The third kappa shape index (κ3) is 26.0. The second kappa shape index (κ2) is 27.0. The highest BCUT2D eigenvalue weighted by molar-refractivity contribution is 5.84. The molecule has 2 N–H and O–H groups in total. The Hall–Kier alpha value is -1.59. The summed E-state index contributed by atoms with van der Waals surface area (Å²) in [6.45, 7) is 7.11. The Labute approximate surface area is 234 Å². The van der Waals surface area contributed by atoms with Crippen LogP contribution in [0.15, 0.2) is 0 Å². The minimum absolute atomic E-state index is 0.0645. The predicted molar refractivity (Wildman–Crippen MR) is 157 cm³/mol. The van der Waals surface area contributed by atoms with E-state index in [-0.39, 0.29) is 18.7 Å². The van der Waals surface area contributed by atoms with Gasteiger partial charge in [-0.25, -0.2) is 4.79 Å². The molecule has 0 aromatic heterocycles. The van der Waals surface area contributed by atoms with Crippen molar-refractivity contribution < 1.29 is 24.2 Å². The molecule has 0 aliphatic heterocycles. The van der Waals surface area contributed by atoms with Gasteiger partial charge < -0.3 is 15.2 Å². The van der Waals surface area contributed by atoms with Crippen LogP contribution >= 0.6 is 0 Å². The Bertz CT molecular complexity index is 578. The van der Waals surface area contributed by atoms with Crippen molar-refractivity contribution in [3.63, 3.8) is 0 Å². The van der Waals surface area contributed by atoms with Gasteiger partial charge in [0.1, 0.15) is 6.04 Å². The Morgan fingerprint density at radius 1 is 0.632 bits per heavy atom. The van der Waals surface area contributed by atoms with Crippen LogP contribution in [-0.2, 0) is 19.1 Å². The summed E-state index contributed by atoms with van der Waals surface area (Å²) in [5.74, 6) is -0.888. The monoisotopic (exact) mass is 539 g/mol. The third-order valence-corrected chi connectivity index (χ3v) is 7.19. The molecule has 0 aliphatic rings. The van der Waals surface area contributed by atoms with Crippen molar-refractivity contribution in [2.45, 2.75) is 174 Å². The molecule has 0 spiro atoms. The molecule has 0 saturated heterocycles. The molecule has 0 heterocycles. The van der Waals surface area contributed by atoms with Crippen LogP contribution in [0.2, 0.25) is 0 Å². The summed E-state index contributed by atoms with van der Waals surface area (Å²) in [6, 6.07) is -0.878. The van der Waals surface area contributed by atoms with Crippen LogP contribution in [0.5, 0.6) is 0 Å². The summed E-state index contributed by atoms with van der Waals surface area (Å²) in [5, 5.41) is 11.7. The topological polar surface area (TPSA) is 92.7 Å². The number of nitrogens with one attached hydrogen (secondary N) is 1. The van der Waals surface area contributed by atoms with E-state index in [0.717, 1.165) is 44.4 Å². The zero-order valence-corrected chi connectivity index (χ0v) is 25.2. The van der Waals surface area contributed by atoms with E-state index in [0.29, 0.717) is 13.0 Å². The van der Waals surface area contributed by atoms with E-state index in [1.165, 1.54) is 89.9 Å². The first-order valence-corrected chi connectivity index (χ1v) is 16.0. The molecule has 0 unspecified atom stereocenters. The van der Waals surface area contributed by atoms with Gasteiger partial charge in [-0.3, -0.25) is 9.59 Å². The minimum Gasteiger partial charge on any atom is -0.481 e. The van der Waals surface area contributed by atoms with Crippen molar-refractivity contribution in [3.8, 4) is 0 Å². The summed E-state index contributed by atoms with van der Waals surface area (Å²) in [6.07, 6.45) is 24.3. The van der Waals surface area contributed by atoms with E-state index in [1.54, 1.807) is 0 Å². The van der Waals surface area contributed by atoms with E-state index >= 15 is 0 Å². The van der Waals surface area contributed by atoms with Crippen molar-refractivity contribution in [2.75, 3.05) is 6.61 Å². The number of hydrogen-bond donors (Lipinski definition) is 2. The molecule has 0 aliphatic carbocycles. The molecule has 0 bridgehead atoms. The highest BCUT2D eigenvalue weighted by atomic mass is 16.5. The van der Waals surface area contributed by atoms with Crippen LogP contribution in [0.1, 0.15) is 168 Å². The number of amides is 1. The number of esters is 1. The first-order chi connectivity index (χ1) is 18.4. The Morgan fingerprint density at radius 2 is 1.11 bits per heavy atom. The van der Waals surface area contributed by atoms with Gasteiger partial charge in [-0.2, -0.15) is 0 Å². The molecule has 0 saturated carbocycles. The largest absolute Gasteiger partial charge is 0.481 e. The fraction of sp³-hybridized carbons (Fsp3) is 0.906. The molecule has 38 heavy (non-hydrogen) atoms. The number of hydrogen-bond acceptors (Lipinski definition) is 4. The lowest BCUT2D eigenvalue weighted by atomic mass is 10.0. The Kier molecular flexibility index (Phi) is 25.9.